The zero-order valence-corrected chi connectivity index (χ0v) is 13.8. The number of hydrogen-bond donors (Lipinski definition) is 0. The minimum absolute atomic E-state index is 0.0241. The number of nitroso groups, excluding NO2 is 1. The molecule has 0 aliphatic carbocycles. The van der Waals surface area contributed by atoms with Crippen LogP contribution in [-0.4, -0.2) is 28.5 Å². The SMILES string of the molecule is COc1ccc(OC)c([N+](=O)[O-])c1-c1nc2sc(C)cn2c1N=O. The number of aromatic nitrogens is 2. The van der Waals surface area contributed by atoms with Gasteiger partial charge in [0, 0.05) is 11.1 Å². The van der Waals surface area contributed by atoms with E-state index in [9.17, 15) is 15.0 Å². The number of hydrogen-bond acceptors (Lipinski definition) is 8. The van der Waals surface area contributed by atoms with E-state index in [1.807, 2.05) is 6.92 Å². The van der Waals surface area contributed by atoms with Gasteiger partial charge in [-0.2, -0.15) is 0 Å². The fourth-order valence-corrected chi connectivity index (χ4v) is 3.32. The number of ether oxygens (including phenoxy) is 2. The Kier molecular flexibility index (Phi) is 3.89. The quantitative estimate of drug-likeness (QED) is 0.395. The number of aryl methyl sites for hydroxylation is 1. The summed E-state index contributed by atoms with van der Waals surface area (Å²) in [7, 11) is 2.71. The lowest BCUT2D eigenvalue weighted by atomic mass is 10.1. The molecule has 0 unspecified atom stereocenters. The number of nitrogens with zero attached hydrogens (tertiary/aromatic N) is 4. The summed E-state index contributed by atoms with van der Waals surface area (Å²) in [5.41, 5.74) is -0.187. The molecule has 0 bridgehead atoms. The van der Waals surface area contributed by atoms with Crippen molar-refractivity contribution in [2.24, 2.45) is 5.18 Å². The molecule has 0 fully saturated rings. The molecule has 0 radical (unpaired) electrons. The second-order valence-corrected chi connectivity index (χ2v) is 6.03. The van der Waals surface area contributed by atoms with Gasteiger partial charge in [-0.25, -0.2) is 4.98 Å². The van der Waals surface area contributed by atoms with Crippen molar-refractivity contribution in [3.8, 4) is 22.8 Å². The number of rotatable bonds is 5. The Labute approximate surface area is 139 Å². The van der Waals surface area contributed by atoms with E-state index in [-0.39, 0.29) is 34.3 Å². The van der Waals surface area contributed by atoms with Gasteiger partial charge in [0.1, 0.15) is 17.0 Å². The van der Waals surface area contributed by atoms with Crippen LogP contribution in [0.15, 0.2) is 23.5 Å². The molecule has 3 aromatic rings. The molecule has 10 heteroatoms. The normalized spacial score (nSPS) is 10.8. The molecule has 0 saturated carbocycles. The molecule has 3 rings (SSSR count). The highest BCUT2D eigenvalue weighted by atomic mass is 32.1. The number of imidazole rings is 1. The molecule has 0 aliphatic heterocycles. The molecule has 2 aromatic heterocycles. The highest BCUT2D eigenvalue weighted by Crippen LogP contribution is 2.47. The van der Waals surface area contributed by atoms with E-state index in [1.165, 1.54) is 42.1 Å². The third-order valence-corrected chi connectivity index (χ3v) is 4.36. The third kappa shape index (κ3) is 2.27. The van der Waals surface area contributed by atoms with Crippen LogP contribution in [0.25, 0.3) is 16.2 Å². The minimum atomic E-state index is -0.593. The van der Waals surface area contributed by atoms with Crippen LogP contribution < -0.4 is 9.47 Å². The van der Waals surface area contributed by atoms with E-state index in [4.69, 9.17) is 9.47 Å². The largest absolute Gasteiger partial charge is 0.496 e. The predicted octanol–water partition coefficient (Wildman–Crippen LogP) is 3.69. The molecule has 9 nitrogen and oxygen atoms in total. The second-order valence-electron chi connectivity index (χ2n) is 4.82. The smallest absolute Gasteiger partial charge is 0.324 e. The third-order valence-electron chi connectivity index (χ3n) is 3.47. The van der Waals surface area contributed by atoms with Crippen LogP contribution in [0.3, 0.4) is 0 Å². The number of nitro benzene ring substituents is 1. The van der Waals surface area contributed by atoms with E-state index < -0.39 is 4.92 Å². The first kappa shape index (κ1) is 15.9. The van der Waals surface area contributed by atoms with Gasteiger partial charge in [0.05, 0.1) is 19.1 Å². The lowest BCUT2D eigenvalue weighted by molar-refractivity contribution is -0.385. The molecular weight excluding hydrogens is 336 g/mol. The zero-order chi connectivity index (χ0) is 17.4. The average Bonchev–Trinajstić information content (AvgIpc) is 3.08. The van der Waals surface area contributed by atoms with Gasteiger partial charge >= 0.3 is 5.69 Å². The lowest BCUT2D eigenvalue weighted by Gasteiger charge is -2.10. The monoisotopic (exact) mass is 348 g/mol. The fraction of sp³-hybridized carbons (Fsp3) is 0.214. The van der Waals surface area contributed by atoms with E-state index in [1.54, 1.807) is 6.20 Å². The summed E-state index contributed by atoms with van der Waals surface area (Å²) in [6, 6.07) is 2.95. The van der Waals surface area contributed by atoms with E-state index >= 15 is 0 Å². The number of fused-ring (bicyclic) bond motifs is 1. The van der Waals surface area contributed by atoms with Gasteiger partial charge in [0.25, 0.3) is 0 Å². The molecule has 124 valence electrons. The van der Waals surface area contributed by atoms with E-state index in [0.717, 1.165) is 4.88 Å². The van der Waals surface area contributed by atoms with Crippen molar-refractivity contribution in [1.82, 2.24) is 9.38 Å². The summed E-state index contributed by atoms with van der Waals surface area (Å²) in [6.07, 6.45) is 1.70. The van der Waals surface area contributed by atoms with Gasteiger partial charge in [-0.15, -0.1) is 16.2 Å². The van der Waals surface area contributed by atoms with Crippen LogP contribution in [0.1, 0.15) is 4.88 Å². The Morgan fingerprint density at radius 3 is 2.54 bits per heavy atom. The fourth-order valence-electron chi connectivity index (χ4n) is 2.50. The first-order valence-corrected chi connectivity index (χ1v) is 7.55. The molecular formula is C14H12N4O5S. The number of methoxy groups -OCH3 is 2. The Balaban J connectivity index is 2.42. The summed E-state index contributed by atoms with van der Waals surface area (Å²) >= 11 is 1.35. The number of nitro groups is 1. The zero-order valence-electron chi connectivity index (χ0n) is 13.0. The Bertz CT molecular complexity index is 962. The van der Waals surface area contributed by atoms with Crippen LogP contribution in [0, 0.1) is 21.9 Å². The lowest BCUT2D eigenvalue weighted by Crippen LogP contribution is -1.99. The van der Waals surface area contributed by atoms with Crippen LogP contribution in [0.2, 0.25) is 0 Å². The summed E-state index contributed by atoms with van der Waals surface area (Å²) in [5, 5.41) is 14.6. The van der Waals surface area contributed by atoms with Crippen molar-refractivity contribution < 1.29 is 14.4 Å². The van der Waals surface area contributed by atoms with Gasteiger partial charge in [-0.1, -0.05) is 0 Å². The van der Waals surface area contributed by atoms with Crippen molar-refractivity contribution in [3.63, 3.8) is 0 Å². The maximum atomic E-state index is 11.6. The van der Waals surface area contributed by atoms with Gasteiger partial charge < -0.3 is 9.47 Å². The van der Waals surface area contributed by atoms with Crippen LogP contribution in [0.4, 0.5) is 11.5 Å². The topological polar surface area (TPSA) is 108 Å². The molecule has 2 heterocycles. The summed E-state index contributed by atoms with van der Waals surface area (Å²) in [5.74, 6) is 0.221. The maximum absolute atomic E-state index is 11.6. The predicted molar refractivity (Wildman–Crippen MR) is 88.5 cm³/mol. The van der Waals surface area contributed by atoms with Crippen molar-refractivity contribution in [2.45, 2.75) is 6.92 Å². The number of thiazole rings is 1. The molecule has 1 aromatic carbocycles. The van der Waals surface area contributed by atoms with Gasteiger partial charge in [0.2, 0.25) is 5.82 Å². The summed E-state index contributed by atoms with van der Waals surface area (Å²) in [4.78, 5) is 28.1. The van der Waals surface area contributed by atoms with Gasteiger partial charge in [-0.3, -0.25) is 14.5 Å². The Hall–Kier alpha value is -3.01. The van der Waals surface area contributed by atoms with Crippen molar-refractivity contribution in [3.05, 3.63) is 38.2 Å². The molecule has 0 N–H and O–H groups in total. The number of benzene rings is 1. The first-order valence-electron chi connectivity index (χ1n) is 6.73. The second kappa shape index (κ2) is 5.89. The van der Waals surface area contributed by atoms with Crippen LogP contribution in [-0.2, 0) is 0 Å². The summed E-state index contributed by atoms with van der Waals surface area (Å²) in [6.45, 7) is 1.86. The molecule has 0 saturated heterocycles. The maximum Gasteiger partial charge on any atom is 0.324 e. The molecule has 0 amide bonds. The van der Waals surface area contributed by atoms with Gasteiger partial charge in [-0.05, 0) is 24.2 Å². The standard InChI is InChI=1S/C14H12N4O5S/c1-7-6-17-13(16-19)11(15-14(17)24-7)10-8(22-2)4-5-9(23-3)12(10)18(20)21/h4-6H,1-3H3. The highest BCUT2D eigenvalue weighted by molar-refractivity contribution is 7.17. The van der Waals surface area contributed by atoms with Crippen molar-refractivity contribution >= 4 is 27.8 Å². The van der Waals surface area contributed by atoms with Gasteiger partial charge in [0.15, 0.2) is 10.7 Å². The average molecular weight is 348 g/mol. The Morgan fingerprint density at radius 1 is 1.29 bits per heavy atom. The van der Waals surface area contributed by atoms with Crippen molar-refractivity contribution in [1.29, 1.82) is 0 Å². The van der Waals surface area contributed by atoms with Crippen molar-refractivity contribution in [2.75, 3.05) is 14.2 Å². The Morgan fingerprint density at radius 2 is 1.96 bits per heavy atom. The van der Waals surface area contributed by atoms with E-state index in [2.05, 4.69) is 10.2 Å². The molecule has 24 heavy (non-hydrogen) atoms. The van der Waals surface area contributed by atoms with Crippen LogP contribution >= 0.6 is 11.3 Å². The minimum Gasteiger partial charge on any atom is -0.496 e. The first-order chi connectivity index (χ1) is 11.5. The molecule has 0 spiro atoms. The molecule has 0 aliphatic rings. The van der Waals surface area contributed by atoms with E-state index in [0.29, 0.717) is 4.96 Å². The van der Waals surface area contributed by atoms with Crippen LogP contribution in [0.5, 0.6) is 11.5 Å². The summed E-state index contributed by atoms with van der Waals surface area (Å²) < 4.78 is 11.8. The highest BCUT2D eigenvalue weighted by Gasteiger charge is 2.31. The molecule has 0 atom stereocenters.